The molecule has 0 N–H and O–H groups in total. The van der Waals surface area contributed by atoms with Gasteiger partial charge in [-0.3, -0.25) is 9.69 Å². The van der Waals surface area contributed by atoms with Gasteiger partial charge in [0.2, 0.25) is 5.91 Å². The van der Waals surface area contributed by atoms with Gasteiger partial charge in [0, 0.05) is 37.8 Å². The van der Waals surface area contributed by atoms with E-state index in [4.69, 9.17) is 4.74 Å². The molecule has 2 saturated heterocycles. The van der Waals surface area contributed by atoms with E-state index in [1.165, 1.54) is 17.8 Å². The molecule has 2 aliphatic heterocycles. The van der Waals surface area contributed by atoms with E-state index >= 15 is 0 Å². The van der Waals surface area contributed by atoms with Gasteiger partial charge in [-0.2, -0.15) is 0 Å². The van der Waals surface area contributed by atoms with Crippen molar-refractivity contribution in [2.45, 2.75) is 37.8 Å². The van der Waals surface area contributed by atoms with Crippen molar-refractivity contribution in [3.8, 4) is 0 Å². The Morgan fingerprint density at radius 1 is 1.36 bits per heavy atom. The van der Waals surface area contributed by atoms with Crippen LogP contribution in [0.2, 0.25) is 0 Å². The van der Waals surface area contributed by atoms with Crippen molar-refractivity contribution < 1.29 is 9.53 Å². The predicted octanol–water partition coefficient (Wildman–Crippen LogP) is 1.75. The lowest BCUT2D eigenvalue weighted by Crippen LogP contribution is -2.58. The minimum atomic E-state index is -0.0951. The number of carbonyl (C=O) groups excluding carboxylic acids is 1. The van der Waals surface area contributed by atoms with Gasteiger partial charge in [-0.15, -0.1) is 11.3 Å². The number of aromatic nitrogens is 1. The Bertz CT molecular complexity index is 522. The molecule has 0 radical (unpaired) electrons. The molecule has 22 heavy (non-hydrogen) atoms. The minimum Gasteiger partial charge on any atom is -0.363 e. The minimum absolute atomic E-state index is 0.0951. The number of rotatable bonds is 4. The summed E-state index contributed by atoms with van der Waals surface area (Å²) in [5.74, 6) is 0.937. The molecule has 3 fully saturated rings. The topological polar surface area (TPSA) is 45.7 Å². The Balaban J connectivity index is 1.33. The van der Waals surface area contributed by atoms with Crippen LogP contribution in [0.5, 0.6) is 0 Å². The van der Waals surface area contributed by atoms with Crippen molar-refractivity contribution >= 4 is 17.2 Å². The van der Waals surface area contributed by atoms with Crippen LogP contribution in [0, 0.1) is 5.92 Å². The van der Waals surface area contributed by atoms with Gasteiger partial charge >= 0.3 is 0 Å². The molecule has 1 aromatic heterocycles. The Labute approximate surface area is 135 Å². The van der Waals surface area contributed by atoms with Gasteiger partial charge in [-0.05, 0) is 31.6 Å². The maximum atomic E-state index is 12.0. The number of nitrogens with zero attached hydrogens (tertiary/aromatic N) is 3. The number of likely N-dealkylation sites (tertiary alicyclic amines) is 1. The molecule has 1 amide bonds. The van der Waals surface area contributed by atoms with E-state index in [9.17, 15) is 4.79 Å². The highest BCUT2D eigenvalue weighted by Gasteiger charge is 2.43. The molecule has 0 aromatic carbocycles. The second-order valence-corrected chi connectivity index (χ2v) is 7.87. The van der Waals surface area contributed by atoms with Crippen molar-refractivity contribution in [2.75, 3.05) is 32.8 Å². The fourth-order valence-corrected chi connectivity index (χ4v) is 4.17. The maximum Gasteiger partial charge on any atom is 0.248 e. The highest BCUT2D eigenvalue weighted by atomic mass is 32.1. The van der Waals surface area contributed by atoms with Crippen LogP contribution in [0.15, 0.2) is 11.6 Å². The van der Waals surface area contributed by atoms with Crippen molar-refractivity contribution in [1.29, 1.82) is 0 Å². The number of hydrogen-bond donors (Lipinski definition) is 0. The molecule has 1 aliphatic carbocycles. The smallest absolute Gasteiger partial charge is 0.248 e. The van der Waals surface area contributed by atoms with Gasteiger partial charge in [-0.1, -0.05) is 0 Å². The van der Waals surface area contributed by atoms with Crippen LogP contribution >= 0.6 is 11.3 Å². The van der Waals surface area contributed by atoms with E-state index in [0.717, 1.165) is 51.5 Å². The Morgan fingerprint density at radius 3 is 2.86 bits per heavy atom. The molecule has 3 aliphatic rings. The predicted molar refractivity (Wildman–Crippen MR) is 84.6 cm³/mol. The van der Waals surface area contributed by atoms with E-state index in [1.54, 1.807) is 11.3 Å². The normalized spacial score (nSPS) is 25.8. The lowest BCUT2D eigenvalue weighted by molar-refractivity contribution is -0.172. The molecule has 0 unspecified atom stereocenters. The summed E-state index contributed by atoms with van der Waals surface area (Å²) < 4.78 is 6.00. The van der Waals surface area contributed by atoms with Crippen LogP contribution in [0.3, 0.4) is 0 Å². The van der Waals surface area contributed by atoms with Crippen LogP contribution in [-0.4, -0.2) is 59.1 Å². The summed E-state index contributed by atoms with van der Waals surface area (Å²) in [5, 5.41) is 3.22. The van der Waals surface area contributed by atoms with Gasteiger partial charge in [0.25, 0.3) is 0 Å². The fourth-order valence-electron chi connectivity index (χ4n) is 3.51. The third-order valence-corrected chi connectivity index (χ3v) is 5.88. The van der Waals surface area contributed by atoms with Crippen LogP contribution < -0.4 is 0 Å². The number of carbonyl (C=O) groups is 1. The zero-order chi connectivity index (χ0) is 15.0. The molecular weight excluding hydrogens is 298 g/mol. The summed E-state index contributed by atoms with van der Waals surface area (Å²) in [6.45, 7) is 5.04. The number of hydrogen-bond acceptors (Lipinski definition) is 5. The second kappa shape index (κ2) is 5.91. The molecule has 4 rings (SSSR count). The van der Waals surface area contributed by atoms with E-state index < -0.39 is 0 Å². The van der Waals surface area contributed by atoms with Gasteiger partial charge in [0.1, 0.15) is 11.6 Å². The number of piperidine rings is 1. The van der Waals surface area contributed by atoms with Crippen molar-refractivity contribution in [3.05, 3.63) is 16.6 Å². The molecule has 0 bridgehead atoms. The molecule has 1 spiro atoms. The molecule has 1 aromatic rings. The summed E-state index contributed by atoms with van der Waals surface area (Å²) in [4.78, 5) is 20.9. The summed E-state index contributed by atoms with van der Waals surface area (Å²) in [6, 6.07) is 0. The number of amides is 1. The number of morpholine rings is 1. The van der Waals surface area contributed by atoms with Crippen LogP contribution in [-0.2, 0) is 16.1 Å². The fraction of sp³-hybridized carbons (Fsp3) is 0.750. The first-order valence-corrected chi connectivity index (χ1v) is 9.13. The van der Waals surface area contributed by atoms with E-state index in [2.05, 4.69) is 14.8 Å². The van der Waals surface area contributed by atoms with Crippen molar-refractivity contribution in [3.63, 3.8) is 0 Å². The maximum absolute atomic E-state index is 12.0. The average molecular weight is 321 g/mol. The standard InChI is InChI=1S/C16H23N3O2S/c20-15-11-21-16(12-19(15)9-13-1-2-13)3-6-18(7-4-16)10-14-17-5-8-22-14/h5,8,13H,1-4,6-7,9-12H2. The first-order valence-electron chi connectivity index (χ1n) is 8.25. The second-order valence-electron chi connectivity index (χ2n) is 6.89. The largest absolute Gasteiger partial charge is 0.363 e. The number of thiazole rings is 1. The summed E-state index contributed by atoms with van der Waals surface area (Å²) in [6.07, 6.45) is 6.50. The molecule has 6 heteroatoms. The third kappa shape index (κ3) is 3.19. The molecule has 0 atom stereocenters. The summed E-state index contributed by atoms with van der Waals surface area (Å²) in [7, 11) is 0. The monoisotopic (exact) mass is 321 g/mol. The Morgan fingerprint density at radius 2 is 2.18 bits per heavy atom. The van der Waals surface area contributed by atoms with Gasteiger partial charge in [-0.25, -0.2) is 4.98 Å². The molecule has 5 nitrogen and oxygen atoms in total. The lowest BCUT2D eigenvalue weighted by atomic mass is 9.89. The first-order chi connectivity index (χ1) is 10.7. The van der Waals surface area contributed by atoms with Crippen LogP contribution in [0.25, 0.3) is 0 Å². The van der Waals surface area contributed by atoms with Gasteiger partial charge in [0.15, 0.2) is 0 Å². The zero-order valence-corrected chi connectivity index (χ0v) is 13.7. The highest BCUT2D eigenvalue weighted by molar-refractivity contribution is 7.09. The highest BCUT2D eigenvalue weighted by Crippen LogP contribution is 2.35. The molecular formula is C16H23N3O2S. The molecule has 3 heterocycles. The third-order valence-electron chi connectivity index (χ3n) is 5.12. The SMILES string of the molecule is O=C1COC2(CCN(Cc3nccs3)CC2)CN1CC1CC1. The van der Waals surface area contributed by atoms with Crippen molar-refractivity contribution in [1.82, 2.24) is 14.8 Å². The van der Waals surface area contributed by atoms with E-state index in [-0.39, 0.29) is 18.1 Å². The van der Waals surface area contributed by atoms with Crippen LogP contribution in [0.1, 0.15) is 30.7 Å². The number of ether oxygens (including phenoxy) is 1. The van der Waals surface area contributed by atoms with E-state index in [0.29, 0.717) is 0 Å². The quantitative estimate of drug-likeness (QED) is 0.847. The van der Waals surface area contributed by atoms with Crippen LogP contribution in [0.4, 0.5) is 0 Å². The Kier molecular flexibility index (Phi) is 3.92. The van der Waals surface area contributed by atoms with Gasteiger partial charge < -0.3 is 9.64 Å². The van der Waals surface area contributed by atoms with Crippen molar-refractivity contribution in [2.24, 2.45) is 5.92 Å². The van der Waals surface area contributed by atoms with Gasteiger partial charge in [0.05, 0.1) is 12.1 Å². The summed E-state index contributed by atoms with van der Waals surface area (Å²) >= 11 is 1.72. The lowest BCUT2D eigenvalue weighted by Gasteiger charge is -2.47. The molecule has 1 saturated carbocycles. The average Bonchev–Trinajstić information content (AvgIpc) is 3.19. The zero-order valence-electron chi connectivity index (χ0n) is 12.9. The first kappa shape index (κ1) is 14.6. The summed E-state index contributed by atoms with van der Waals surface area (Å²) in [5.41, 5.74) is -0.0951. The molecule has 120 valence electrons. The Hall–Kier alpha value is -0.980. The van der Waals surface area contributed by atoms with E-state index in [1.807, 2.05) is 11.6 Å².